The molecular formula is C32H36F2N6O4. The van der Waals surface area contributed by atoms with E-state index in [4.69, 9.17) is 9.84 Å². The molecule has 0 aliphatic carbocycles. The normalized spacial score (nSPS) is 16.4. The smallest absolute Gasteiger partial charge is 0.311 e. The molecule has 1 N–H and O–H groups in total. The molecule has 1 fully saturated rings. The highest BCUT2D eigenvalue weighted by Gasteiger charge is 2.32. The number of imidazole rings is 1. The number of alkyl halides is 2. The Morgan fingerprint density at radius 1 is 1.16 bits per heavy atom. The number of fused-ring (bicyclic) bond motifs is 2. The minimum atomic E-state index is -2.83. The molecule has 0 radical (unpaired) electrons. The van der Waals surface area contributed by atoms with Crippen LogP contribution in [0.5, 0.6) is 0 Å². The van der Waals surface area contributed by atoms with Gasteiger partial charge < -0.3 is 24.0 Å². The third-order valence-corrected chi connectivity index (χ3v) is 8.96. The molecule has 0 spiro atoms. The maximum Gasteiger partial charge on any atom is 0.311 e. The highest BCUT2D eigenvalue weighted by atomic mass is 19.3. The van der Waals surface area contributed by atoms with Gasteiger partial charge in [0.15, 0.2) is 5.82 Å². The number of anilines is 2. The van der Waals surface area contributed by atoms with E-state index in [9.17, 15) is 23.5 Å². The van der Waals surface area contributed by atoms with Gasteiger partial charge in [-0.15, -0.1) is 0 Å². The van der Waals surface area contributed by atoms with Gasteiger partial charge in [0.05, 0.1) is 18.5 Å². The van der Waals surface area contributed by atoms with Crippen LogP contribution in [0.1, 0.15) is 73.9 Å². The van der Waals surface area contributed by atoms with Crippen molar-refractivity contribution in [2.24, 2.45) is 0 Å². The number of hydrogen-bond donors (Lipinski definition) is 1. The number of benzene rings is 1. The second-order valence-electron chi connectivity index (χ2n) is 11.5. The molecule has 1 saturated heterocycles. The molecule has 1 amide bonds. The van der Waals surface area contributed by atoms with Crippen LogP contribution >= 0.6 is 0 Å². The molecule has 6 rings (SSSR count). The van der Waals surface area contributed by atoms with Crippen LogP contribution in [-0.4, -0.2) is 67.9 Å². The number of ether oxygens (including phenoxy) is 1. The quantitative estimate of drug-likeness (QED) is 0.273. The lowest BCUT2D eigenvalue weighted by Crippen LogP contribution is -2.35. The summed E-state index contributed by atoms with van der Waals surface area (Å²) in [7, 11) is 1.80. The molecule has 1 aromatic carbocycles. The van der Waals surface area contributed by atoms with Crippen molar-refractivity contribution in [1.29, 1.82) is 0 Å². The average Bonchev–Trinajstić information content (AvgIpc) is 3.64. The zero-order valence-electron chi connectivity index (χ0n) is 25.0. The first kappa shape index (κ1) is 29.7. The Morgan fingerprint density at radius 3 is 2.61 bits per heavy atom. The first-order valence-corrected chi connectivity index (χ1v) is 15.0. The number of aliphatic carboxylic acids is 1. The summed E-state index contributed by atoms with van der Waals surface area (Å²) in [5.41, 5.74) is 3.94. The van der Waals surface area contributed by atoms with Gasteiger partial charge in [0.2, 0.25) is 5.91 Å². The second-order valence-corrected chi connectivity index (χ2v) is 11.5. The summed E-state index contributed by atoms with van der Waals surface area (Å²) >= 11 is 0. The average molecular weight is 607 g/mol. The monoisotopic (exact) mass is 606 g/mol. The lowest BCUT2D eigenvalue weighted by molar-refractivity contribution is -0.138. The number of pyridine rings is 1. The zero-order valence-corrected chi connectivity index (χ0v) is 25.0. The predicted molar refractivity (Wildman–Crippen MR) is 160 cm³/mol. The Hall–Kier alpha value is -4.32. The molecule has 2 aliphatic rings. The fourth-order valence-electron chi connectivity index (χ4n) is 6.52. The van der Waals surface area contributed by atoms with Gasteiger partial charge in [-0.3, -0.25) is 14.3 Å². The summed E-state index contributed by atoms with van der Waals surface area (Å²) in [4.78, 5) is 32.4. The molecule has 232 valence electrons. The van der Waals surface area contributed by atoms with Gasteiger partial charge >= 0.3 is 5.97 Å². The Morgan fingerprint density at radius 2 is 1.93 bits per heavy atom. The number of carbonyl (C=O) groups is 2. The summed E-state index contributed by atoms with van der Waals surface area (Å²) in [5, 5.41) is 15.0. The Balaban J connectivity index is 1.45. The van der Waals surface area contributed by atoms with Crippen LogP contribution in [0.2, 0.25) is 0 Å². The van der Waals surface area contributed by atoms with Crippen LogP contribution in [0.25, 0.3) is 16.8 Å². The molecule has 4 aromatic rings. The largest absolute Gasteiger partial charge is 0.481 e. The molecule has 44 heavy (non-hydrogen) atoms. The molecule has 10 nitrogen and oxygen atoms in total. The third-order valence-electron chi connectivity index (χ3n) is 8.96. The van der Waals surface area contributed by atoms with E-state index in [1.165, 1.54) is 6.07 Å². The van der Waals surface area contributed by atoms with Crippen LogP contribution in [0, 0.1) is 0 Å². The van der Waals surface area contributed by atoms with Crippen molar-refractivity contribution in [3.63, 3.8) is 0 Å². The molecule has 0 bridgehead atoms. The number of aromatic nitrogens is 4. The predicted octanol–water partition coefficient (Wildman–Crippen LogP) is 5.74. The fraction of sp³-hybridized carbons (Fsp3) is 0.438. The molecule has 0 saturated carbocycles. The Labute approximate surface area is 253 Å². The van der Waals surface area contributed by atoms with Crippen molar-refractivity contribution in [3.05, 3.63) is 65.2 Å². The van der Waals surface area contributed by atoms with Crippen LogP contribution in [-0.2, 0) is 27.3 Å². The molecule has 3 aromatic heterocycles. The van der Waals surface area contributed by atoms with Crippen LogP contribution in [0.15, 0.2) is 42.9 Å². The van der Waals surface area contributed by atoms with Gasteiger partial charge in [-0.25, -0.2) is 13.8 Å². The highest BCUT2D eigenvalue weighted by Crippen LogP contribution is 2.41. The van der Waals surface area contributed by atoms with Crippen LogP contribution in [0.3, 0.4) is 0 Å². The van der Waals surface area contributed by atoms with Gasteiger partial charge in [-0.1, -0.05) is 13.0 Å². The maximum absolute atomic E-state index is 14.8. The fourth-order valence-corrected chi connectivity index (χ4v) is 6.52. The summed E-state index contributed by atoms with van der Waals surface area (Å²) in [6.45, 7) is 5.61. The van der Waals surface area contributed by atoms with E-state index in [1.54, 1.807) is 71.9 Å². The number of carbonyl (C=O) groups excluding carboxylic acids is 1. The van der Waals surface area contributed by atoms with E-state index < -0.39 is 18.3 Å². The molecular weight excluding hydrogens is 570 g/mol. The van der Waals surface area contributed by atoms with Gasteiger partial charge in [-0.05, 0) is 54.2 Å². The molecule has 1 atom stereocenters. The van der Waals surface area contributed by atoms with E-state index in [-0.39, 0.29) is 23.1 Å². The van der Waals surface area contributed by atoms with Crippen molar-refractivity contribution in [2.45, 2.75) is 64.5 Å². The number of carboxylic acid groups (broad SMARTS) is 1. The van der Waals surface area contributed by atoms with Crippen molar-refractivity contribution in [2.75, 3.05) is 31.7 Å². The molecule has 5 heterocycles. The Bertz CT molecular complexity index is 1710. The summed E-state index contributed by atoms with van der Waals surface area (Å²) < 4.78 is 39.0. The SMILES string of the molecule is CCC(C(=O)O)c1cn2ccnc2cc1-c1ccc(N(C)c2nn(C3CCOCC3)c3c2CN(C(C)=O)CC3)cc1C(F)F. The van der Waals surface area contributed by atoms with E-state index in [0.29, 0.717) is 67.4 Å². The zero-order chi connectivity index (χ0) is 31.1. The molecule has 2 aliphatic heterocycles. The second kappa shape index (κ2) is 12.0. The Kier molecular flexibility index (Phi) is 8.10. The highest BCUT2D eigenvalue weighted by molar-refractivity contribution is 5.84. The number of amides is 1. The van der Waals surface area contributed by atoms with Gasteiger partial charge in [0.25, 0.3) is 6.43 Å². The first-order chi connectivity index (χ1) is 21.2. The topological polar surface area (TPSA) is 105 Å². The number of halogens is 2. The number of hydrogen-bond acceptors (Lipinski definition) is 6. The van der Waals surface area contributed by atoms with Gasteiger partial charge in [0.1, 0.15) is 5.65 Å². The lowest BCUT2D eigenvalue weighted by Gasteiger charge is -2.29. The third kappa shape index (κ3) is 5.31. The summed E-state index contributed by atoms with van der Waals surface area (Å²) in [6.07, 6.45) is 4.76. The summed E-state index contributed by atoms with van der Waals surface area (Å²) in [5.74, 6) is -1.30. The van der Waals surface area contributed by atoms with Crippen molar-refractivity contribution < 1.29 is 28.2 Å². The first-order valence-electron chi connectivity index (χ1n) is 15.0. The van der Waals surface area contributed by atoms with Crippen LogP contribution in [0.4, 0.5) is 20.3 Å². The van der Waals surface area contributed by atoms with Crippen LogP contribution < -0.4 is 4.90 Å². The van der Waals surface area contributed by atoms with Gasteiger partial charge in [-0.2, -0.15) is 5.10 Å². The summed E-state index contributed by atoms with van der Waals surface area (Å²) in [6, 6.07) is 6.68. The van der Waals surface area contributed by atoms with Crippen molar-refractivity contribution in [3.8, 4) is 11.1 Å². The van der Waals surface area contributed by atoms with Crippen molar-refractivity contribution >= 4 is 29.0 Å². The standard InChI is InChI=1S/C32H36F2N6O4/c1-4-22(32(42)43)26-17-39-12-10-35-29(39)16-24(26)23-6-5-21(15-25(23)30(33)34)37(3)31-27-18-38(19(2)41)11-7-28(27)40(36-31)20-8-13-44-14-9-20/h5-6,10,12,15-17,20,22,30H,4,7-9,11,13-14,18H2,1-3H3,(H,42,43). The van der Waals surface area contributed by atoms with Crippen molar-refractivity contribution in [1.82, 2.24) is 24.1 Å². The van der Waals surface area contributed by atoms with E-state index >= 15 is 0 Å². The van der Waals surface area contributed by atoms with E-state index in [2.05, 4.69) is 9.67 Å². The van der Waals surface area contributed by atoms with Gasteiger partial charge in [0, 0.05) is 81.2 Å². The lowest BCUT2D eigenvalue weighted by atomic mass is 9.88. The molecule has 1 unspecified atom stereocenters. The van der Waals surface area contributed by atoms with E-state index in [0.717, 1.165) is 24.1 Å². The number of carboxylic acids is 1. The number of nitrogens with zero attached hydrogens (tertiary/aromatic N) is 6. The molecule has 12 heteroatoms. The maximum atomic E-state index is 14.8. The minimum absolute atomic E-state index is 0.0237. The number of rotatable bonds is 8. The minimum Gasteiger partial charge on any atom is -0.481 e. The van der Waals surface area contributed by atoms with E-state index in [1.807, 2.05) is 0 Å².